The lowest BCUT2D eigenvalue weighted by Gasteiger charge is -2.29. The van der Waals surface area contributed by atoms with Crippen LogP contribution in [0.5, 0.6) is 0 Å². The van der Waals surface area contributed by atoms with Crippen molar-refractivity contribution in [3.8, 4) is 0 Å². The zero-order valence-corrected chi connectivity index (χ0v) is 10.8. The molecule has 3 saturated carbocycles. The van der Waals surface area contributed by atoms with E-state index < -0.39 is 11.4 Å². The number of nitrogens with one attached hydrogen (secondary N) is 1. The number of rotatable bonds is 4. The Morgan fingerprint density at radius 2 is 2.00 bits per heavy atom. The molecular weight excluding hydrogens is 230 g/mol. The van der Waals surface area contributed by atoms with Gasteiger partial charge < -0.3 is 10.4 Å². The van der Waals surface area contributed by atoms with Gasteiger partial charge in [-0.05, 0) is 56.8 Å². The highest BCUT2D eigenvalue weighted by Crippen LogP contribution is 2.50. The van der Waals surface area contributed by atoms with Gasteiger partial charge in [-0.1, -0.05) is 6.42 Å². The molecule has 3 rings (SSSR count). The summed E-state index contributed by atoms with van der Waals surface area (Å²) in [5.74, 6) is 0.960. The minimum absolute atomic E-state index is 0.129. The van der Waals surface area contributed by atoms with Crippen molar-refractivity contribution >= 4 is 11.9 Å². The minimum atomic E-state index is -1.09. The Morgan fingerprint density at radius 3 is 2.44 bits per heavy atom. The van der Waals surface area contributed by atoms with Crippen LogP contribution in [0.25, 0.3) is 0 Å². The van der Waals surface area contributed by atoms with Gasteiger partial charge in [0.15, 0.2) is 0 Å². The number of carbonyl (C=O) groups is 2. The Hall–Kier alpha value is -1.06. The second-order valence-corrected chi connectivity index (χ2v) is 6.49. The number of carboxylic acid groups (broad SMARTS) is 1. The molecule has 0 aromatic carbocycles. The Morgan fingerprint density at radius 1 is 1.28 bits per heavy atom. The Kier molecular flexibility index (Phi) is 2.65. The van der Waals surface area contributed by atoms with E-state index in [0.29, 0.717) is 18.8 Å². The van der Waals surface area contributed by atoms with E-state index in [0.717, 1.165) is 11.8 Å². The van der Waals surface area contributed by atoms with Crippen molar-refractivity contribution < 1.29 is 14.7 Å². The molecule has 3 fully saturated rings. The SMILES string of the molecule is CC(NC(=O)C1(C(=O)O)CC1)C1CC2CCC1C2. The van der Waals surface area contributed by atoms with Crippen molar-refractivity contribution in [2.24, 2.45) is 23.2 Å². The molecule has 3 aliphatic rings. The Bertz CT molecular complexity index is 389. The third-order valence-electron chi connectivity index (χ3n) is 5.39. The van der Waals surface area contributed by atoms with Crippen molar-refractivity contribution in [1.29, 1.82) is 0 Å². The van der Waals surface area contributed by atoms with Crippen LogP contribution < -0.4 is 5.32 Å². The summed E-state index contributed by atoms with van der Waals surface area (Å²) >= 11 is 0. The fourth-order valence-electron chi connectivity index (χ4n) is 4.02. The first kappa shape index (κ1) is 12.0. The molecule has 4 heteroatoms. The van der Waals surface area contributed by atoms with Gasteiger partial charge in [-0.3, -0.25) is 9.59 Å². The number of amides is 1. The van der Waals surface area contributed by atoms with Crippen LogP contribution >= 0.6 is 0 Å². The van der Waals surface area contributed by atoms with Gasteiger partial charge in [-0.2, -0.15) is 0 Å². The van der Waals surface area contributed by atoms with Crippen LogP contribution in [-0.2, 0) is 9.59 Å². The molecule has 0 aromatic rings. The normalized spacial score (nSPS) is 37.3. The summed E-state index contributed by atoms with van der Waals surface area (Å²) in [7, 11) is 0. The molecule has 0 aromatic heterocycles. The summed E-state index contributed by atoms with van der Waals surface area (Å²) in [6.07, 6.45) is 6.16. The van der Waals surface area contributed by atoms with Gasteiger partial charge >= 0.3 is 5.97 Å². The molecule has 0 saturated heterocycles. The largest absolute Gasteiger partial charge is 0.480 e. The predicted octanol–water partition coefficient (Wildman–Crippen LogP) is 1.79. The first-order valence-electron chi connectivity index (χ1n) is 7.07. The molecule has 2 bridgehead atoms. The Labute approximate surface area is 107 Å². The molecule has 0 spiro atoms. The number of carbonyl (C=O) groups excluding carboxylic acids is 1. The van der Waals surface area contributed by atoms with E-state index in [9.17, 15) is 9.59 Å². The zero-order valence-electron chi connectivity index (χ0n) is 10.8. The molecule has 4 atom stereocenters. The Balaban J connectivity index is 1.60. The highest BCUT2D eigenvalue weighted by molar-refractivity contribution is 6.04. The molecule has 0 radical (unpaired) electrons. The smallest absolute Gasteiger partial charge is 0.319 e. The quantitative estimate of drug-likeness (QED) is 0.749. The third-order valence-corrected chi connectivity index (χ3v) is 5.39. The summed E-state index contributed by atoms with van der Waals surface area (Å²) in [5, 5.41) is 12.1. The van der Waals surface area contributed by atoms with Gasteiger partial charge in [0, 0.05) is 6.04 Å². The molecule has 0 heterocycles. The predicted molar refractivity (Wildman–Crippen MR) is 65.8 cm³/mol. The van der Waals surface area contributed by atoms with E-state index in [4.69, 9.17) is 5.11 Å². The van der Waals surface area contributed by atoms with E-state index in [1.54, 1.807) is 0 Å². The van der Waals surface area contributed by atoms with Gasteiger partial charge in [0.1, 0.15) is 5.41 Å². The maximum atomic E-state index is 12.1. The summed E-state index contributed by atoms with van der Waals surface area (Å²) in [5.41, 5.74) is -1.09. The van der Waals surface area contributed by atoms with Crippen molar-refractivity contribution in [3.05, 3.63) is 0 Å². The van der Waals surface area contributed by atoms with E-state index in [2.05, 4.69) is 5.32 Å². The van der Waals surface area contributed by atoms with Crippen molar-refractivity contribution in [3.63, 3.8) is 0 Å². The van der Waals surface area contributed by atoms with Gasteiger partial charge in [-0.15, -0.1) is 0 Å². The summed E-state index contributed by atoms with van der Waals surface area (Å²) in [6.45, 7) is 2.04. The van der Waals surface area contributed by atoms with Gasteiger partial charge in [0.25, 0.3) is 0 Å². The van der Waals surface area contributed by atoms with Gasteiger partial charge in [0.2, 0.25) is 5.91 Å². The molecule has 4 nitrogen and oxygen atoms in total. The van der Waals surface area contributed by atoms with Crippen LogP contribution in [0.3, 0.4) is 0 Å². The van der Waals surface area contributed by atoms with E-state index in [1.165, 1.54) is 25.7 Å². The molecular formula is C14H21NO3. The van der Waals surface area contributed by atoms with E-state index >= 15 is 0 Å². The van der Waals surface area contributed by atoms with E-state index in [1.807, 2.05) is 6.92 Å². The number of hydrogen-bond donors (Lipinski definition) is 2. The number of carboxylic acids is 1. The van der Waals surface area contributed by atoms with Crippen LogP contribution in [0, 0.1) is 23.2 Å². The van der Waals surface area contributed by atoms with E-state index in [-0.39, 0.29) is 11.9 Å². The second-order valence-electron chi connectivity index (χ2n) is 6.49. The number of fused-ring (bicyclic) bond motifs is 2. The van der Waals surface area contributed by atoms with Crippen molar-refractivity contribution in [1.82, 2.24) is 5.32 Å². The molecule has 0 aliphatic heterocycles. The topological polar surface area (TPSA) is 66.4 Å². The molecule has 3 aliphatic carbocycles. The summed E-state index contributed by atoms with van der Waals surface area (Å²) < 4.78 is 0. The lowest BCUT2D eigenvalue weighted by Crippen LogP contribution is -2.45. The lowest BCUT2D eigenvalue weighted by molar-refractivity contribution is -0.149. The molecule has 2 N–H and O–H groups in total. The summed E-state index contributed by atoms with van der Waals surface area (Å²) in [6, 6.07) is 0.129. The molecule has 18 heavy (non-hydrogen) atoms. The van der Waals surface area contributed by atoms with Crippen molar-refractivity contribution in [2.45, 2.75) is 51.5 Å². The minimum Gasteiger partial charge on any atom is -0.480 e. The maximum absolute atomic E-state index is 12.1. The monoisotopic (exact) mass is 251 g/mol. The third kappa shape index (κ3) is 1.73. The maximum Gasteiger partial charge on any atom is 0.319 e. The number of aliphatic carboxylic acids is 1. The van der Waals surface area contributed by atoms with Crippen LogP contribution in [0.1, 0.15) is 45.4 Å². The van der Waals surface area contributed by atoms with Gasteiger partial charge in [-0.25, -0.2) is 0 Å². The summed E-state index contributed by atoms with van der Waals surface area (Å²) in [4.78, 5) is 23.1. The van der Waals surface area contributed by atoms with Crippen LogP contribution in [0.2, 0.25) is 0 Å². The zero-order chi connectivity index (χ0) is 12.9. The van der Waals surface area contributed by atoms with Crippen LogP contribution in [0.4, 0.5) is 0 Å². The lowest BCUT2D eigenvalue weighted by atomic mass is 9.83. The van der Waals surface area contributed by atoms with Crippen LogP contribution in [-0.4, -0.2) is 23.0 Å². The number of hydrogen-bond acceptors (Lipinski definition) is 2. The highest BCUT2D eigenvalue weighted by Gasteiger charge is 2.57. The fourth-order valence-corrected chi connectivity index (χ4v) is 4.02. The highest BCUT2D eigenvalue weighted by atomic mass is 16.4. The standard InChI is InChI=1S/C14H21NO3/c1-8(11-7-9-2-3-10(11)6-9)15-12(16)14(4-5-14)13(17)18/h8-11H,2-7H2,1H3,(H,15,16)(H,17,18). The van der Waals surface area contributed by atoms with Crippen molar-refractivity contribution in [2.75, 3.05) is 0 Å². The second kappa shape index (κ2) is 3.97. The molecule has 4 unspecified atom stereocenters. The van der Waals surface area contributed by atoms with Crippen LogP contribution in [0.15, 0.2) is 0 Å². The fraction of sp³-hybridized carbons (Fsp3) is 0.857. The average molecular weight is 251 g/mol. The molecule has 100 valence electrons. The van der Waals surface area contributed by atoms with Gasteiger partial charge in [0.05, 0.1) is 0 Å². The molecule has 1 amide bonds. The average Bonchev–Trinajstić information content (AvgIpc) is 2.89. The first-order valence-corrected chi connectivity index (χ1v) is 7.07. The first-order chi connectivity index (χ1) is 8.53.